The molecular weight excluding hydrogens is 370 g/mol. The Labute approximate surface area is 162 Å². The molecule has 1 aromatic carbocycles. The van der Waals surface area contributed by atoms with E-state index in [-0.39, 0.29) is 30.3 Å². The minimum Gasteiger partial charge on any atom is -0.370 e. The summed E-state index contributed by atoms with van der Waals surface area (Å²) >= 11 is 0. The van der Waals surface area contributed by atoms with Crippen molar-refractivity contribution in [3.8, 4) is 0 Å². The number of ether oxygens (including phenoxy) is 1. The van der Waals surface area contributed by atoms with Crippen LogP contribution in [0.1, 0.15) is 31.3 Å². The maximum absolute atomic E-state index is 13.6. The molecule has 1 aliphatic heterocycles. The molecule has 9 heteroatoms. The zero-order valence-corrected chi connectivity index (χ0v) is 15.6. The first-order chi connectivity index (χ1) is 13.5. The highest BCUT2D eigenvalue weighted by Crippen LogP contribution is 2.32. The van der Waals surface area contributed by atoms with Gasteiger partial charge in [0.2, 0.25) is 5.91 Å². The molecule has 0 bridgehead atoms. The number of carbonyl (C=O) groups excluding carboxylic acids is 2. The lowest BCUT2D eigenvalue weighted by molar-refractivity contribution is -0.125. The lowest BCUT2D eigenvalue weighted by Gasteiger charge is -2.28. The number of rotatable bonds is 8. The number of carbonyl (C=O) groups is 2. The molecule has 154 valence electrons. The molecule has 1 aromatic rings. The fraction of sp³-hybridized carbons (Fsp3) is 0.579. The molecule has 2 amide bonds. The number of halogens is 2. The van der Waals surface area contributed by atoms with Crippen molar-refractivity contribution >= 4 is 23.2 Å². The van der Waals surface area contributed by atoms with Crippen molar-refractivity contribution in [1.82, 2.24) is 5.32 Å². The van der Waals surface area contributed by atoms with Crippen molar-refractivity contribution in [2.45, 2.75) is 31.7 Å². The second kappa shape index (κ2) is 9.40. The number of hydrogen-bond acceptors (Lipinski definition) is 5. The summed E-state index contributed by atoms with van der Waals surface area (Å²) in [7, 11) is 0. The number of morpholine rings is 1. The molecule has 0 radical (unpaired) electrons. The molecule has 2 aliphatic rings. The third-order valence-corrected chi connectivity index (χ3v) is 5.26. The summed E-state index contributed by atoms with van der Waals surface area (Å²) in [4.78, 5) is 25.8. The van der Waals surface area contributed by atoms with Crippen LogP contribution in [0.3, 0.4) is 0 Å². The van der Waals surface area contributed by atoms with E-state index in [1.165, 1.54) is 23.5 Å². The largest absolute Gasteiger partial charge is 0.370 e. The molecule has 3 rings (SSSR count). The second-order valence-corrected chi connectivity index (χ2v) is 7.15. The summed E-state index contributed by atoms with van der Waals surface area (Å²) < 4.78 is 32.2. The Bertz CT molecular complexity index is 712. The summed E-state index contributed by atoms with van der Waals surface area (Å²) in [6.45, 7) is 1.33. The fourth-order valence-electron chi connectivity index (χ4n) is 3.31. The number of benzene rings is 1. The number of anilines is 2. The van der Waals surface area contributed by atoms with Gasteiger partial charge in [0.05, 0.1) is 12.6 Å². The van der Waals surface area contributed by atoms with E-state index in [0.29, 0.717) is 31.3 Å². The normalized spacial score (nSPS) is 18.9. The number of amides is 2. The highest BCUT2D eigenvalue weighted by molar-refractivity contribution is 5.97. The van der Waals surface area contributed by atoms with Crippen LogP contribution >= 0.6 is 0 Å². The highest BCUT2D eigenvalue weighted by atomic mass is 19.3. The average molecular weight is 396 g/mol. The fourth-order valence-corrected chi connectivity index (χ4v) is 3.31. The van der Waals surface area contributed by atoms with Crippen LogP contribution in [-0.2, 0) is 14.3 Å². The third-order valence-electron chi connectivity index (χ3n) is 5.26. The SMILES string of the molecule is NC[C@@H](NCC1CCC1)C(=O)Nc1ccc(N2CCOCC2=O)cc1C(F)F. The molecule has 0 spiro atoms. The van der Waals surface area contributed by atoms with E-state index >= 15 is 0 Å². The van der Waals surface area contributed by atoms with Gasteiger partial charge in [0.15, 0.2) is 0 Å². The van der Waals surface area contributed by atoms with E-state index in [2.05, 4.69) is 10.6 Å². The lowest BCUT2D eigenvalue weighted by Crippen LogP contribution is -2.48. The van der Waals surface area contributed by atoms with Gasteiger partial charge in [-0.15, -0.1) is 0 Å². The summed E-state index contributed by atoms with van der Waals surface area (Å²) in [5, 5.41) is 5.67. The van der Waals surface area contributed by atoms with E-state index < -0.39 is 18.4 Å². The van der Waals surface area contributed by atoms with Gasteiger partial charge in [-0.3, -0.25) is 9.59 Å². The van der Waals surface area contributed by atoms with Crippen LogP contribution in [0.5, 0.6) is 0 Å². The molecule has 1 aliphatic carbocycles. The molecule has 2 fully saturated rings. The monoisotopic (exact) mass is 396 g/mol. The Morgan fingerprint density at radius 2 is 2.14 bits per heavy atom. The molecule has 1 heterocycles. The van der Waals surface area contributed by atoms with Crippen LogP contribution in [0.2, 0.25) is 0 Å². The quantitative estimate of drug-likeness (QED) is 0.621. The Balaban J connectivity index is 1.70. The van der Waals surface area contributed by atoms with Gasteiger partial charge in [0, 0.05) is 30.0 Å². The molecule has 4 N–H and O–H groups in total. The minimum absolute atomic E-state index is 0.0216. The Kier molecular flexibility index (Phi) is 6.93. The van der Waals surface area contributed by atoms with Crippen molar-refractivity contribution in [3.05, 3.63) is 23.8 Å². The van der Waals surface area contributed by atoms with E-state index in [4.69, 9.17) is 10.5 Å². The van der Waals surface area contributed by atoms with Crippen molar-refractivity contribution < 1.29 is 23.1 Å². The second-order valence-electron chi connectivity index (χ2n) is 7.15. The van der Waals surface area contributed by atoms with Crippen LogP contribution in [0, 0.1) is 5.92 Å². The van der Waals surface area contributed by atoms with Crippen LogP contribution in [0.15, 0.2) is 18.2 Å². The van der Waals surface area contributed by atoms with Crippen molar-refractivity contribution in [2.75, 3.05) is 43.1 Å². The van der Waals surface area contributed by atoms with Crippen LogP contribution in [0.4, 0.5) is 20.2 Å². The number of nitrogens with two attached hydrogens (primary N) is 1. The van der Waals surface area contributed by atoms with Crippen LogP contribution in [-0.4, -0.2) is 50.7 Å². The first-order valence-corrected chi connectivity index (χ1v) is 9.54. The summed E-state index contributed by atoms with van der Waals surface area (Å²) in [5.41, 5.74) is 5.73. The van der Waals surface area contributed by atoms with Gasteiger partial charge in [-0.05, 0) is 43.5 Å². The highest BCUT2D eigenvalue weighted by Gasteiger charge is 2.25. The predicted molar refractivity (Wildman–Crippen MR) is 101 cm³/mol. The molecule has 0 aromatic heterocycles. The maximum Gasteiger partial charge on any atom is 0.265 e. The Hall–Kier alpha value is -2.10. The van der Waals surface area contributed by atoms with Crippen molar-refractivity contribution in [3.63, 3.8) is 0 Å². The summed E-state index contributed by atoms with van der Waals surface area (Å²) in [6.07, 6.45) is 0.652. The van der Waals surface area contributed by atoms with Gasteiger partial charge in [-0.1, -0.05) is 6.42 Å². The molecule has 1 saturated heterocycles. The van der Waals surface area contributed by atoms with Gasteiger partial charge < -0.3 is 26.0 Å². The molecule has 1 saturated carbocycles. The standard InChI is InChI=1S/C19H26F2N4O3/c20-18(21)14-8-13(25-6-7-28-11-17(25)26)4-5-15(14)24-19(27)16(9-22)23-10-12-2-1-3-12/h4-5,8,12,16,18,23H,1-3,6-7,9-11,22H2,(H,24,27)/t16-/m1/s1. The molecule has 0 unspecified atom stereocenters. The number of nitrogens with zero attached hydrogens (tertiary/aromatic N) is 1. The van der Waals surface area contributed by atoms with Gasteiger partial charge >= 0.3 is 0 Å². The van der Waals surface area contributed by atoms with E-state index in [1.807, 2.05) is 0 Å². The Morgan fingerprint density at radius 1 is 1.36 bits per heavy atom. The van der Waals surface area contributed by atoms with Crippen LogP contribution in [0.25, 0.3) is 0 Å². The predicted octanol–water partition coefficient (Wildman–Crippen LogP) is 1.64. The molecule has 28 heavy (non-hydrogen) atoms. The first-order valence-electron chi connectivity index (χ1n) is 9.54. The van der Waals surface area contributed by atoms with Crippen molar-refractivity contribution in [2.24, 2.45) is 11.7 Å². The van der Waals surface area contributed by atoms with Crippen molar-refractivity contribution in [1.29, 1.82) is 0 Å². The summed E-state index contributed by atoms with van der Waals surface area (Å²) in [5.74, 6) is -0.186. The van der Waals surface area contributed by atoms with E-state index in [9.17, 15) is 18.4 Å². The van der Waals surface area contributed by atoms with Crippen LogP contribution < -0.4 is 21.3 Å². The minimum atomic E-state index is -2.80. The van der Waals surface area contributed by atoms with Gasteiger partial charge in [-0.25, -0.2) is 8.78 Å². The topological polar surface area (TPSA) is 96.7 Å². The smallest absolute Gasteiger partial charge is 0.265 e. The van der Waals surface area contributed by atoms with Gasteiger partial charge in [0.1, 0.15) is 6.61 Å². The van der Waals surface area contributed by atoms with Gasteiger partial charge in [0.25, 0.3) is 12.3 Å². The molecular formula is C19H26F2N4O3. The number of nitrogens with one attached hydrogen (secondary N) is 2. The third kappa shape index (κ3) is 4.84. The van der Waals surface area contributed by atoms with Gasteiger partial charge in [-0.2, -0.15) is 0 Å². The lowest BCUT2D eigenvalue weighted by atomic mass is 9.85. The van der Waals surface area contributed by atoms with E-state index in [0.717, 1.165) is 12.8 Å². The zero-order chi connectivity index (χ0) is 20.1. The first kappa shape index (κ1) is 20.6. The number of alkyl halides is 2. The number of hydrogen-bond donors (Lipinski definition) is 3. The molecule has 7 nitrogen and oxygen atoms in total. The maximum atomic E-state index is 13.6. The average Bonchev–Trinajstić information content (AvgIpc) is 2.64. The zero-order valence-electron chi connectivity index (χ0n) is 15.6. The molecule has 1 atom stereocenters. The van der Waals surface area contributed by atoms with E-state index in [1.54, 1.807) is 6.07 Å². The summed E-state index contributed by atoms with van der Waals surface area (Å²) in [6, 6.07) is 3.54. The Morgan fingerprint density at radius 3 is 2.75 bits per heavy atom.